The van der Waals surface area contributed by atoms with E-state index in [1.807, 2.05) is 0 Å². The molecule has 7 nitrogen and oxygen atoms in total. The Hall–Kier alpha value is -2.60. The Labute approximate surface area is 204 Å². The topological polar surface area (TPSA) is 111 Å². The van der Waals surface area contributed by atoms with E-state index < -0.39 is 68.0 Å². The summed E-state index contributed by atoms with van der Waals surface area (Å²) in [7, 11) is -3.44. The minimum Gasteiger partial charge on any atom is -0.386 e. The number of amidine groups is 1. The van der Waals surface area contributed by atoms with E-state index in [-0.39, 0.29) is 27.9 Å². The van der Waals surface area contributed by atoms with Gasteiger partial charge in [-0.05, 0) is 39.0 Å². The number of aromatic nitrogens is 2. The van der Waals surface area contributed by atoms with Gasteiger partial charge in [-0.1, -0.05) is 11.6 Å². The predicted molar refractivity (Wildman–Crippen MR) is 123 cm³/mol. The first-order valence-corrected chi connectivity index (χ1v) is 12.5. The predicted octanol–water partition coefficient (Wildman–Crippen LogP) is 4.07. The van der Waals surface area contributed by atoms with Crippen molar-refractivity contribution in [2.75, 3.05) is 6.54 Å². The number of Topliss-reactive ketones (excluding diaryl/α,β-unsaturated/α-hetero) is 1. The third-order valence-electron chi connectivity index (χ3n) is 6.48. The van der Waals surface area contributed by atoms with Crippen molar-refractivity contribution in [1.82, 2.24) is 9.97 Å². The lowest BCUT2D eigenvalue weighted by atomic mass is 9.87. The number of ketones is 1. The SMILES string of the molecule is CC1(C)C(N)=N[C@](C)(c2nc(CC(=O)c3ncc(F)cc3Cl)ccc2F)[C@H]2CC(F)(F)CN=[S@@]21=O. The van der Waals surface area contributed by atoms with Crippen LogP contribution in [0.3, 0.4) is 0 Å². The van der Waals surface area contributed by atoms with Crippen molar-refractivity contribution in [3.8, 4) is 0 Å². The first-order chi connectivity index (χ1) is 16.1. The normalized spacial score (nSPS) is 29.0. The number of nitrogens with two attached hydrogens (primary N) is 1. The molecule has 0 amide bonds. The highest BCUT2D eigenvalue weighted by atomic mass is 35.5. The molecule has 188 valence electrons. The number of nitrogens with zero attached hydrogens (tertiary/aromatic N) is 4. The van der Waals surface area contributed by atoms with Crippen molar-refractivity contribution >= 4 is 32.9 Å². The van der Waals surface area contributed by atoms with Gasteiger partial charge < -0.3 is 5.73 Å². The van der Waals surface area contributed by atoms with Crippen molar-refractivity contribution in [1.29, 1.82) is 0 Å². The summed E-state index contributed by atoms with van der Waals surface area (Å²) in [4.78, 5) is 25.0. The molecule has 2 N–H and O–H groups in total. The van der Waals surface area contributed by atoms with Crippen LogP contribution in [0.25, 0.3) is 0 Å². The summed E-state index contributed by atoms with van der Waals surface area (Å²) in [5, 5.41) is -1.61. The maximum atomic E-state index is 15.1. The summed E-state index contributed by atoms with van der Waals surface area (Å²) in [6.07, 6.45) is -0.424. The van der Waals surface area contributed by atoms with Crippen LogP contribution in [0.5, 0.6) is 0 Å². The van der Waals surface area contributed by atoms with Crippen LogP contribution in [-0.4, -0.2) is 48.3 Å². The fourth-order valence-corrected chi connectivity index (χ4v) is 7.83. The smallest absolute Gasteiger partial charge is 0.269 e. The van der Waals surface area contributed by atoms with E-state index in [1.54, 1.807) is 0 Å². The zero-order valence-electron chi connectivity index (χ0n) is 19.0. The maximum absolute atomic E-state index is 15.1. The van der Waals surface area contributed by atoms with Crippen molar-refractivity contribution in [2.45, 2.75) is 55.1 Å². The molecule has 0 spiro atoms. The van der Waals surface area contributed by atoms with Gasteiger partial charge in [-0.15, -0.1) is 0 Å². The van der Waals surface area contributed by atoms with Gasteiger partial charge in [0.2, 0.25) is 0 Å². The highest BCUT2D eigenvalue weighted by molar-refractivity contribution is 7.96. The number of aliphatic imine (C=N–C) groups is 1. The molecule has 0 bridgehead atoms. The van der Waals surface area contributed by atoms with Crippen LogP contribution in [0.2, 0.25) is 5.02 Å². The molecule has 0 saturated carbocycles. The molecule has 4 heterocycles. The van der Waals surface area contributed by atoms with Crippen LogP contribution in [0.15, 0.2) is 33.8 Å². The molecular weight excluding hydrogens is 510 g/mol. The zero-order valence-corrected chi connectivity index (χ0v) is 20.6. The number of fused-ring (bicyclic) bond motifs is 1. The summed E-state index contributed by atoms with van der Waals surface area (Å²) in [6, 6.07) is 3.17. The van der Waals surface area contributed by atoms with Crippen molar-refractivity contribution in [3.05, 3.63) is 58.1 Å². The molecule has 2 aromatic heterocycles. The van der Waals surface area contributed by atoms with Crippen LogP contribution in [0.1, 0.15) is 49.1 Å². The molecular formula is C22H22ClF4N5O2S. The molecule has 0 unspecified atom stereocenters. The molecule has 2 aromatic rings. The van der Waals surface area contributed by atoms with Crippen molar-refractivity contribution in [2.24, 2.45) is 15.1 Å². The molecule has 0 saturated heterocycles. The first-order valence-electron chi connectivity index (χ1n) is 10.6. The highest BCUT2D eigenvalue weighted by Crippen LogP contribution is 2.49. The largest absolute Gasteiger partial charge is 0.386 e. The van der Waals surface area contributed by atoms with Gasteiger partial charge in [0.25, 0.3) is 5.92 Å². The van der Waals surface area contributed by atoms with E-state index in [1.165, 1.54) is 26.8 Å². The summed E-state index contributed by atoms with van der Waals surface area (Å²) < 4.78 is 73.9. The van der Waals surface area contributed by atoms with Gasteiger partial charge in [0.15, 0.2) is 5.78 Å². The number of pyridine rings is 2. The van der Waals surface area contributed by atoms with Gasteiger partial charge in [0, 0.05) is 12.1 Å². The average Bonchev–Trinajstić information content (AvgIpc) is 2.75. The van der Waals surface area contributed by atoms with Gasteiger partial charge in [0.1, 0.15) is 45.7 Å². The molecule has 0 fully saturated rings. The van der Waals surface area contributed by atoms with Crippen molar-refractivity contribution < 1.29 is 26.6 Å². The van der Waals surface area contributed by atoms with Crippen LogP contribution >= 0.6 is 11.6 Å². The third kappa shape index (κ3) is 4.10. The second-order valence-corrected chi connectivity index (χ2v) is 12.7. The second-order valence-electron chi connectivity index (χ2n) is 9.28. The molecule has 0 radical (unpaired) electrons. The number of hydrogen-bond donors (Lipinski definition) is 1. The fraction of sp³-hybridized carbons (Fsp3) is 0.455. The van der Waals surface area contributed by atoms with Crippen molar-refractivity contribution in [3.63, 3.8) is 0 Å². The molecule has 2 aliphatic rings. The number of rotatable bonds is 4. The van der Waals surface area contributed by atoms with E-state index in [2.05, 4.69) is 19.3 Å². The third-order valence-corrected chi connectivity index (χ3v) is 10.4. The van der Waals surface area contributed by atoms with E-state index >= 15 is 4.39 Å². The number of halogens is 5. The van der Waals surface area contributed by atoms with Crippen LogP contribution < -0.4 is 5.73 Å². The molecule has 0 aromatic carbocycles. The van der Waals surface area contributed by atoms with Gasteiger partial charge in [0.05, 0.1) is 32.6 Å². The van der Waals surface area contributed by atoms with Crippen LogP contribution in [0.4, 0.5) is 17.6 Å². The minimum absolute atomic E-state index is 0.0550. The van der Waals surface area contributed by atoms with Crippen LogP contribution in [-0.2, 0) is 21.7 Å². The average molecular weight is 532 g/mol. The molecule has 35 heavy (non-hydrogen) atoms. The Morgan fingerprint density at radius 1 is 1.26 bits per heavy atom. The van der Waals surface area contributed by atoms with Gasteiger partial charge in [-0.3, -0.25) is 14.8 Å². The fourth-order valence-electron chi connectivity index (χ4n) is 4.37. The Morgan fingerprint density at radius 2 is 1.94 bits per heavy atom. The Kier molecular flexibility index (Phi) is 5.99. The zero-order chi connectivity index (χ0) is 26.0. The van der Waals surface area contributed by atoms with Gasteiger partial charge >= 0.3 is 0 Å². The Bertz CT molecular complexity index is 1390. The van der Waals surface area contributed by atoms with Gasteiger partial charge in [-0.2, -0.15) is 0 Å². The summed E-state index contributed by atoms with van der Waals surface area (Å²) in [6.45, 7) is 3.41. The number of carbonyl (C=O) groups excluding carboxylic acids is 1. The molecule has 13 heteroatoms. The van der Waals surface area contributed by atoms with E-state index in [9.17, 15) is 22.2 Å². The number of carbonyl (C=O) groups is 1. The number of hydrogen-bond acceptors (Lipinski definition) is 7. The quantitative estimate of drug-likeness (QED) is 0.472. The van der Waals surface area contributed by atoms with E-state index in [0.717, 1.165) is 18.3 Å². The minimum atomic E-state index is -3.44. The number of alkyl halides is 2. The van der Waals surface area contributed by atoms with E-state index in [0.29, 0.717) is 0 Å². The monoisotopic (exact) mass is 531 g/mol. The Morgan fingerprint density at radius 3 is 2.60 bits per heavy atom. The van der Waals surface area contributed by atoms with Gasteiger partial charge in [-0.25, -0.2) is 31.1 Å². The maximum Gasteiger partial charge on any atom is 0.269 e. The van der Waals surface area contributed by atoms with E-state index in [4.69, 9.17) is 17.3 Å². The summed E-state index contributed by atoms with van der Waals surface area (Å²) in [5.41, 5.74) is 3.74. The highest BCUT2D eigenvalue weighted by Gasteiger charge is 2.60. The Balaban J connectivity index is 1.82. The standard InChI is InChI=1S/C22H22ClF4N5O2S/c1-20(2)19(28)32-21(3,16-8-22(26,27)10-30-35(16,20)34)18-14(25)5-4-12(31-18)7-15(33)17-13(23)6-11(24)9-29-17/h4-6,9,16H,7-8,10H2,1-3H3,(H2,28,32)/t16-,21+,35-/m1/s1. The molecule has 2 aliphatic heterocycles. The molecule has 4 rings (SSSR count). The summed E-state index contributed by atoms with van der Waals surface area (Å²) in [5.74, 6) is -5.65. The molecule has 3 atom stereocenters. The lowest BCUT2D eigenvalue weighted by molar-refractivity contribution is -0.00687. The lowest BCUT2D eigenvalue weighted by Gasteiger charge is -2.48. The lowest BCUT2D eigenvalue weighted by Crippen LogP contribution is -2.62. The first kappa shape index (κ1) is 25.5. The van der Waals surface area contributed by atoms with Crippen LogP contribution in [0, 0.1) is 11.6 Å². The molecule has 0 aliphatic carbocycles. The summed E-state index contributed by atoms with van der Waals surface area (Å²) >= 11 is 5.90. The second kappa shape index (κ2) is 8.22.